The van der Waals surface area contributed by atoms with Crippen molar-refractivity contribution in [3.8, 4) is 11.4 Å². The van der Waals surface area contributed by atoms with Crippen LogP contribution in [0.1, 0.15) is 38.5 Å². The first-order valence-electron chi connectivity index (χ1n) is 8.81. The molecule has 1 fully saturated rings. The number of aromatic amines is 1. The van der Waals surface area contributed by atoms with Crippen molar-refractivity contribution in [1.29, 1.82) is 0 Å². The second-order valence-electron chi connectivity index (χ2n) is 6.59. The maximum Gasteiger partial charge on any atom is 0.240 e. The number of nitrogens with one attached hydrogen (secondary N) is 2. The van der Waals surface area contributed by atoms with Gasteiger partial charge in [-0.25, -0.2) is 0 Å². The van der Waals surface area contributed by atoms with Gasteiger partial charge >= 0.3 is 0 Å². The molecule has 5 nitrogen and oxygen atoms in total. The lowest BCUT2D eigenvalue weighted by molar-refractivity contribution is -0.121. The molecule has 2 aromatic rings. The second-order valence-corrected chi connectivity index (χ2v) is 7.41. The minimum Gasteiger partial charge on any atom is -0.355 e. The molecule has 2 N–H and O–H groups in total. The number of carbonyl (C=O) groups is 1. The molecule has 0 aliphatic heterocycles. The molecule has 1 aromatic carbocycles. The molecule has 0 radical (unpaired) electrons. The monoisotopic (exact) mass is 378 g/mol. The van der Waals surface area contributed by atoms with Crippen molar-refractivity contribution >= 4 is 29.7 Å². The van der Waals surface area contributed by atoms with Gasteiger partial charge in [-0.05, 0) is 55.2 Å². The molecule has 0 atom stereocenters. The molecule has 1 amide bonds. The standard InChI is InChI=1S/C18H23ClN4OS/c19-15-9-7-14(8-10-15)17-21-22-18(25)23(17)12-16(24)20-11-3-6-13-4-1-2-5-13/h7-10,13H,1-6,11-12H2,(H,20,24)(H,22,25). The fourth-order valence-corrected chi connectivity index (χ4v) is 3.72. The van der Waals surface area contributed by atoms with Gasteiger partial charge in [0.15, 0.2) is 10.6 Å². The second kappa shape index (κ2) is 8.63. The van der Waals surface area contributed by atoms with Crippen molar-refractivity contribution in [2.75, 3.05) is 6.54 Å². The molecule has 1 aliphatic rings. The average Bonchev–Trinajstić information content (AvgIpc) is 3.24. The van der Waals surface area contributed by atoms with Crippen molar-refractivity contribution in [3.63, 3.8) is 0 Å². The number of hydrogen-bond acceptors (Lipinski definition) is 3. The minimum absolute atomic E-state index is 0.0425. The van der Waals surface area contributed by atoms with Gasteiger partial charge in [0.25, 0.3) is 0 Å². The summed E-state index contributed by atoms with van der Waals surface area (Å²) in [6.07, 6.45) is 7.68. The normalized spacial score (nSPS) is 14.8. The third-order valence-electron chi connectivity index (χ3n) is 4.75. The maximum atomic E-state index is 12.3. The highest BCUT2D eigenvalue weighted by molar-refractivity contribution is 7.71. The Balaban J connectivity index is 1.55. The van der Waals surface area contributed by atoms with Crippen LogP contribution in [0.2, 0.25) is 5.02 Å². The lowest BCUT2D eigenvalue weighted by Gasteiger charge is -2.10. The van der Waals surface area contributed by atoms with Gasteiger partial charge in [-0.1, -0.05) is 37.3 Å². The van der Waals surface area contributed by atoms with E-state index >= 15 is 0 Å². The van der Waals surface area contributed by atoms with Crippen LogP contribution in [0.3, 0.4) is 0 Å². The summed E-state index contributed by atoms with van der Waals surface area (Å²) in [4.78, 5) is 12.3. The maximum absolute atomic E-state index is 12.3. The van der Waals surface area contributed by atoms with E-state index in [-0.39, 0.29) is 12.5 Å². The van der Waals surface area contributed by atoms with Crippen LogP contribution in [0, 0.1) is 10.7 Å². The first kappa shape index (κ1) is 18.1. The highest BCUT2D eigenvalue weighted by Gasteiger charge is 2.15. The van der Waals surface area contributed by atoms with E-state index in [1.54, 1.807) is 16.7 Å². The number of amides is 1. The van der Waals surface area contributed by atoms with Crippen LogP contribution in [0.4, 0.5) is 0 Å². The number of rotatable bonds is 7. The van der Waals surface area contributed by atoms with Crippen molar-refractivity contribution in [2.45, 2.75) is 45.1 Å². The van der Waals surface area contributed by atoms with Crippen LogP contribution in [0.25, 0.3) is 11.4 Å². The van der Waals surface area contributed by atoms with Crippen molar-refractivity contribution in [3.05, 3.63) is 34.1 Å². The SMILES string of the molecule is O=C(Cn1c(-c2ccc(Cl)cc2)n[nH]c1=S)NCCCC1CCCC1. The highest BCUT2D eigenvalue weighted by atomic mass is 35.5. The van der Waals surface area contributed by atoms with Crippen LogP contribution in [0.5, 0.6) is 0 Å². The molecule has 0 unspecified atom stereocenters. The van der Waals surface area contributed by atoms with E-state index in [0.717, 1.165) is 24.4 Å². The number of halogens is 1. The van der Waals surface area contributed by atoms with E-state index in [9.17, 15) is 4.79 Å². The van der Waals surface area contributed by atoms with E-state index < -0.39 is 0 Å². The minimum atomic E-state index is -0.0425. The zero-order chi connectivity index (χ0) is 17.6. The number of aromatic nitrogens is 3. The largest absolute Gasteiger partial charge is 0.355 e. The van der Waals surface area contributed by atoms with E-state index in [1.165, 1.54) is 32.1 Å². The summed E-state index contributed by atoms with van der Waals surface area (Å²) < 4.78 is 2.15. The van der Waals surface area contributed by atoms with Crippen LogP contribution < -0.4 is 5.32 Å². The predicted molar refractivity (Wildman–Crippen MR) is 102 cm³/mol. The zero-order valence-corrected chi connectivity index (χ0v) is 15.7. The Morgan fingerprint density at radius 3 is 2.76 bits per heavy atom. The fourth-order valence-electron chi connectivity index (χ4n) is 3.40. The molecule has 25 heavy (non-hydrogen) atoms. The third kappa shape index (κ3) is 4.92. The summed E-state index contributed by atoms with van der Waals surface area (Å²) in [6.45, 7) is 0.882. The Labute approximate surface area is 157 Å². The summed E-state index contributed by atoms with van der Waals surface area (Å²) in [5, 5.41) is 10.7. The summed E-state index contributed by atoms with van der Waals surface area (Å²) in [7, 11) is 0. The summed E-state index contributed by atoms with van der Waals surface area (Å²) in [5.41, 5.74) is 0.866. The quantitative estimate of drug-likeness (QED) is 0.556. The van der Waals surface area contributed by atoms with Crippen LogP contribution in [-0.4, -0.2) is 27.2 Å². The Hall–Kier alpha value is -1.66. The molecule has 1 aliphatic carbocycles. The van der Waals surface area contributed by atoms with Gasteiger partial charge in [0.1, 0.15) is 6.54 Å². The number of benzene rings is 1. The summed E-state index contributed by atoms with van der Waals surface area (Å²) in [5.74, 6) is 1.46. The molecule has 0 spiro atoms. The fraction of sp³-hybridized carbons (Fsp3) is 0.500. The smallest absolute Gasteiger partial charge is 0.240 e. The lowest BCUT2D eigenvalue weighted by atomic mass is 10.0. The van der Waals surface area contributed by atoms with Gasteiger partial charge in [0.2, 0.25) is 5.91 Å². The molecular formula is C18H23ClN4OS. The lowest BCUT2D eigenvalue weighted by Crippen LogP contribution is -2.29. The number of carbonyl (C=O) groups excluding carboxylic acids is 1. The molecule has 1 aromatic heterocycles. The summed E-state index contributed by atoms with van der Waals surface area (Å²) in [6, 6.07) is 7.32. The number of H-pyrrole nitrogens is 1. The van der Waals surface area contributed by atoms with Gasteiger partial charge in [0.05, 0.1) is 0 Å². The van der Waals surface area contributed by atoms with Crippen molar-refractivity contribution < 1.29 is 4.79 Å². The zero-order valence-electron chi connectivity index (χ0n) is 14.1. The Morgan fingerprint density at radius 2 is 2.04 bits per heavy atom. The van der Waals surface area contributed by atoms with Crippen LogP contribution in [0.15, 0.2) is 24.3 Å². The molecule has 1 heterocycles. The van der Waals surface area contributed by atoms with E-state index in [2.05, 4.69) is 15.5 Å². The van der Waals surface area contributed by atoms with E-state index in [4.69, 9.17) is 23.8 Å². The van der Waals surface area contributed by atoms with Crippen molar-refractivity contribution in [2.24, 2.45) is 5.92 Å². The Kier molecular flexibility index (Phi) is 6.26. The van der Waals surface area contributed by atoms with Gasteiger partial charge in [-0.15, -0.1) is 0 Å². The average molecular weight is 379 g/mol. The Bertz CT molecular complexity index is 762. The van der Waals surface area contributed by atoms with E-state index in [0.29, 0.717) is 15.6 Å². The molecule has 134 valence electrons. The molecule has 0 bridgehead atoms. The van der Waals surface area contributed by atoms with E-state index in [1.807, 2.05) is 12.1 Å². The summed E-state index contributed by atoms with van der Waals surface area (Å²) >= 11 is 11.2. The molecule has 1 saturated carbocycles. The van der Waals surface area contributed by atoms with Gasteiger partial charge < -0.3 is 5.32 Å². The highest BCUT2D eigenvalue weighted by Crippen LogP contribution is 2.28. The van der Waals surface area contributed by atoms with Gasteiger partial charge in [0, 0.05) is 17.1 Å². The molecular weight excluding hydrogens is 356 g/mol. The van der Waals surface area contributed by atoms with Crippen LogP contribution >= 0.6 is 23.8 Å². The number of nitrogens with zero attached hydrogens (tertiary/aromatic N) is 2. The van der Waals surface area contributed by atoms with Gasteiger partial charge in [-0.3, -0.25) is 14.5 Å². The first-order valence-corrected chi connectivity index (χ1v) is 9.60. The van der Waals surface area contributed by atoms with Crippen LogP contribution in [-0.2, 0) is 11.3 Å². The van der Waals surface area contributed by atoms with Crippen molar-refractivity contribution in [1.82, 2.24) is 20.1 Å². The molecule has 0 saturated heterocycles. The number of hydrogen-bond donors (Lipinski definition) is 2. The van der Waals surface area contributed by atoms with Gasteiger partial charge in [-0.2, -0.15) is 5.10 Å². The Morgan fingerprint density at radius 1 is 1.32 bits per heavy atom. The molecule has 7 heteroatoms. The predicted octanol–water partition coefficient (Wildman–Crippen LogP) is 4.35. The third-order valence-corrected chi connectivity index (χ3v) is 5.31. The topological polar surface area (TPSA) is 62.7 Å². The molecule has 3 rings (SSSR count). The first-order chi connectivity index (χ1) is 12.1.